The number of benzene rings is 2. The molecular weight excluding hydrogens is 484 g/mol. The third-order valence-corrected chi connectivity index (χ3v) is 7.00. The topological polar surface area (TPSA) is 142 Å². The van der Waals surface area contributed by atoms with E-state index in [1.165, 1.54) is 13.0 Å². The normalized spacial score (nSPS) is 13.6. The zero-order chi connectivity index (χ0) is 24.7. The summed E-state index contributed by atoms with van der Waals surface area (Å²) in [5.41, 5.74) is 0.570. The minimum Gasteiger partial charge on any atom is -0.478 e. The van der Waals surface area contributed by atoms with Crippen LogP contribution in [0.15, 0.2) is 38.4 Å². The molecule has 0 bridgehead atoms. The largest absolute Gasteiger partial charge is 0.478 e. The van der Waals surface area contributed by atoms with Gasteiger partial charge in [-0.25, -0.2) is 31.9 Å². The predicted octanol–water partition coefficient (Wildman–Crippen LogP) is 3.43. The Morgan fingerprint density at radius 1 is 1.24 bits per heavy atom. The van der Waals surface area contributed by atoms with Gasteiger partial charge in [0.25, 0.3) is 0 Å². The Morgan fingerprint density at radius 3 is 2.48 bits per heavy atom. The third-order valence-electron chi connectivity index (χ3n) is 5.23. The zero-order valence-corrected chi connectivity index (χ0v) is 19.0. The molecule has 1 aromatic heterocycles. The van der Waals surface area contributed by atoms with E-state index in [1.807, 2.05) is 5.10 Å². The van der Waals surface area contributed by atoms with Crippen molar-refractivity contribution in [3.8, 4) is 0 Å². The monoisotopic (exact) mass is 501 g/mol. The molecule has 0 radical (unpaired) electrons. The van der Waals surface area contributed by atoms with Gasteiger partial charge in [-0.2, -0.15) is 4.72 Å². The predicted molar refractivity (Wildman–Crippen MR) is 113 cm³/mol. The molecule has 13 heteroatoms. The number of aryl methyl sites for hydroxylation is 1. The standard InChI is InChI=1S/C20H18ClF2N3O6S/c1-8-4-5-13(22)16(9(8)2)10(3)17(18-24-25-20(29)32-18)26-33(30,31)15-7-14(23)12(21)6-11(15)19(27)28/h4-7,10,17,26H,1-3H3,(H,25,29)(H,27,28). The molecule has 2 atom stereocenters. The molecule has 176 valence electrons. The lowest BCUT2D eigenvalue weighted by atomic mass is 9.88. The lowest BCUT2D eigenvalue weighted by Crippen LogP contribution is -2.34. The number of H-pyrrole nitrogens is 1. The highest BCUT2D eigenvalue weighted by molar-refractivity contribution is 7.89. The second-order valence-electron chi connectivity index (χ2n) is 7.31. The molecule has 33 heavy (non-hydrogen) atoms. The van der Waals surface area contributed by atoms with Gasteiger partial charge in [-0.3, -0.25) is 0 Å². The number of carbonyl (C=O) groups is 1. The van der Waals surface area contributed by atoms with Crippen molar-refractivity contribution in [1.29, 1.82) is 0 Å². The van der Waals surface area contributed by atoms with Gasteiger partial charge >= 0.3 is 11.7 Å². The Bertz CT molecular complexity index is 1400. The molecule has 0 saturated heterocycles. The molecule has 2 unspecified atom stereocenters. The van der Waals surface area contributed by atoms with E-state index < -0.39 is 66.7 Å². The smallest absolute Gasteiger partial charge is 0.434 e. The van der Waals surface area contributed by atoms with E-state index >= 15 is 0 Å². The van der Waals surface area contributed by atoms with Crippen LogP contribution >= 0.6 is 11.6 Å². The number of nitrogens with zero attached hydrogens (tertiary/aromatic N) is 1. The van der Waals surface area contributed by atoms with Gasteiger partial charge in [0.1, 0.15) is 17.7 Å². The maximum Gasteiger partial charge on any atom is 0.434 e. The molecule has 0 fully saturated rings. The SMILES string of the molecule is Cc1ccc(F)c(C(C)C(NS(=O)(=O)c2cc(F)c(Cl)cc2C(=O)O)c2n[nH]c(=O)o2)c1C. The van der Waals surface area contributed by atoms with Crippen LogP contribution < -0.4 is 10.5 Å². The van der Waals surface area contributed by atoms with E-state index in [0.717, 1.165) is 5.56 Å². The van der Waals surface area contributed by atoms with Crippen LogP contribution in [0.2, 0.25) is 5.02 Å². The highest BCUT2D eigenvalue weighted by atomic mass is 35.5. The van der Waals surface area contributed by atoms with Crippen LogP contribution in [0, 0.1) is 25.5 Å². The summed E-state index contributed by atoms with van der Waals surface area (Å²) in [4.78, 5) is 22.2. The van der Waals surface area contributed by atoms with E-state index in [0.29, 0.717) is 17.7 Å². The number of hydrogen-bond donors (Lipinski definition) is 3. The van der Waals surface area contributed by atoms with Crippen molar-refractivity contribution in [2.45, 2.75) is 37.6 Å². The quantitative estimate of drug-likeness (QED) is 0.450. The Hall–Kier alpha value is -3.09. The van der Waals surface area contributed by atoms with Crippen LogP contribution in [0.25, 0.3) is 0 Å². The first-order valence-corrected chi connectivity index (χ1v) is 11.2. The van der Waals surface area contributed by atoms with Crippen LogP contribution in [0.1, 0.15) is 51.8 Å². The summed E-state index contributed by atoms with van der Waals surface area (Å²) >= 11 is 5.61. The molecule has 2 aromatic carbocycles. The maximum absolute atomic E-state index is 14.7. The fourth-order valence-corrected chi connectivity index (χ4v) is 5.04. The fourth-order valence-electron chi connectivity index (χ4n) is 3.42. The van der Waals surface area contributed by atoms with E-state index in [-0.39, 0.29) is 5.56 Å². The number of halogens is 3. The number of rotatable bonds is 7. The summed E-state index contributed by atoms with van der Waals surface area (Å²) in [6, 6.07) is 2.40. The number of hydrogen-bond acceptors (Lipinski definition) is 6. The van der Waals surface area contributed by atoms with E-state index in [1.54, 1.807) is 19.9 Å². The second-order valence-corrected chi connectivity index (χ2v) is 9.40. The van der Waals surface area contributed by atoms with Crippen molar-refractivity contribution in [2.24, 2.45) is 0 Å². The first-order chi connectivity index (χ1) is 15.3. The molecule has 3 N–H and O–H groups in total. The maximum atomic E-state index is 14.7. The molecule has 0 aliphatic carbocycles. The molecule has 1 heterocycles. The van der Waals surface area contributed by atoms with Crippen LogP contribution in [-0.2, 0) is 10.0 Å². The Kier molecular flexibility index (Phi) is 6.73. The minimum absolute atomic E-state index is 0.120. The third kappa shape index (κ3) is 4.82. The number of carboxylic acid groups (broad SMARTS) is 1. The first kappa shape index (κ1) is 24.6. The van der Waals surface area contributed by atoms with Crippen molar-refractivity contribution < 1.29 is 31.5 Å². The summed E-state index contributed by atoms with van der Waals surface area (Å²) in [7, 11) is -4.77. The highest BCUT2D eigenvalue weighted by Crippen LogP contribution is 2.36. The van der Waals surface area contributed by atoms with Gasteiger partial charge < -0.3 is 9.52 Å². The van der Waals surface area contributed by atoms with Gasteiger partial charge in [0.2, 0.25) is 15.9 Å². The van der Waals surface area contributed by atoms with Crippen molar-refractivity contribution in [1.82, 2.24) is 14.9 Å². The minimum atomic E-state index is -4.77. The van der Waals surface area contributed by atoms with E-state index in [2.05, 4.69) is 9.82 Å². The molecule has 0 amide bonds. The molecule has 0 aliphatic rings. The summed E-state index contributed by atoms with van der Waals surface area (Å²) in [5.74, 6) is -5.89. The van der Waals surface area contributed by atoms with Gasteiger partial charge in [0.15, 0.2) is 0 Å². The van der Waals surface area contributed by atoms with Crippen molar-refractivity contribution in [2.75, 3.05) is 0 Å². The van der Waals surface area contributed by atoms with E-state index in [9.17, 15) is 31.9 Å². The lowest BCUT2D eigenvalue weighted by molar-refractivity contribution is 0.0692. The van der Waals surface area contributed by atoms with Crippen LogP contribution in [-0.4, -0.2) is 29.7 Å². The molecule has 3 rings (SSSR count). The summed E-state index contributed by atoms with van der Waals surface area (Å²) in [5, 5.41) is 14.4. The van der Waals surface area contributed by atoms with Gasteiger partial charge in [-0.1, -0.05) is 24.6 Å². The van der Waals surface area contributed by atoms with Crippen LogP contribution in [0.5, 0.6) is 0 Å². The number of carboxylic acids is 1. The molecular formula is C20H18ClF2N3O6S. The summed E-state index contributed by atoms with van der Waals surface area (Å²) in [6.07, 6.45) is 0. The van der Waals surface area contributed by atoms with Crippen molar-refractivity contribution in [3.63, 3.8) is 0 Å². The Morgan fingerprint density at radius 2 is 1.91 bits per heavy atom. The van der Waals surface area contributed by atoms with Gasteiger partial charge in [0, 0.05) is 5.92 Å². The second kappa shape index (κ2) is 9.04. The average molecular weight is 502 g/mol. The number of aromatic amines is 1. The van der Waals surface area contributed by atoms with Gasteiger partial charge in [-0.15, -0.1) is 5.10 Å². The number of sulfonamides is 1. The number of aromatic nitrogens is 2. The molecule has 3 aromatic rings. The van der Waals surface area contributed by atoms with Crippen molar-refractivity contribution >= 4 is 27.6 Å². The van der Waals surface area contributed by atoms with Crippen LogP contribution in [0.4, 0.5) is 8.78 Å². The van der Waals surface area contributed by atoms with Gasteiger partial charge in [-0.05, 0) is 48.7 Å². The summed E-state index contributed by atoms with van der Waals surface area (Å²) in [6.45, 7) is 4.83. The zero-order valence-electron chi connectivity index (χ0n) is 17.4. The number of nitrogens with one attached hydrogen (secondary N) is 2. The highest BCUT2D eigenvalue weighted by Gasteiger charge is 2.35. The van der Waals surface area contributed by atoms with Crippen molar-refractivity contribution in [3.05, 3.63) is 79.6 Å². The first-order valence-electron chi connectivity index (χ1n) is 9.39. The Labute approximate surface area is 191 Å². The average Bonchev–Trinajstić information content (AvgIpc) is 3.16. The molecule has 0 saturated carbocycles. The molecule has 0 aliphatic heterocycles. The molecule has 9 nitrogen and oxygen atoms in total. The van der Waals surface area contributed by atoms with E-state index in [4.69, 9.17) is 16.0 Å². The lowest BCUT2D eigenvalue weighted by Gasteiger charge is -2.25. The fraction of sp³-hybridized carbons (Fsp3) is 0.250. The van der Waals surface area contributed by atoms with Crippen LogP contribution in [0.3, 0.4) is 0 Å². The van der Waals surface area contributed by atoms with Gasteiger partial charge in [0.05, 0.1) is 15.5 Å². The Balaban J connectivity index is 2.17. The number of aromatic carboxylic acids is 1. The summed E-state index contributed by atoms with van der Waals surface area (Å²) < 4.78 is 62.2. The molecule has 0 spiro atoms.